The lowest BCUT2D eigenvalue weighted by Gasteiger charge is -2.31. The van der Waals surface area contributed by atoms with Crippen molar-refractivity contribution in [2.45, 2.75) is 25.3 Å². The molecular formula is C12H17ClN2O4. The number of hydrogen-bond acceptors (Lipinski definition) is 5. The Bertz CT molecular complexity index is 477. The maximum atomic E-state index is 10.9. The van der Waals surface area contributed by atoms with Crippen molar-refractivity contribution in [3.63, 3.8) is 0 Å². The van der Waals surface area contributed by atoms with Crippen LogP contribution in [0.5, 0.6) is 11.5 Å². The molecular weight excluding hydrogens is 272 g/mol. The van der Waals surface area contributed by atoms with Crippen LogP contribution in [-0.2, 0) is 0 Å². The Kier molecular flexibility index (Phi) is 4.97. The van der Waals surface area contributed by atoms with E-state index in [0.29, 0.717) is 11.5 Å². The number of nitro groups is 1. The van der Waals surface area contributed by atoms with Gasteiger partial charge in [0, 0.05) is 12.1 Å². The van der Waals surface area contributed by atoms with E-state index in [1.807, 2.05) is 0 Å². The zero-order chi connectivity index (χ0) is 13.3. The first-order chi connectivity index (χ1) is 8.54. The number of nitrogens with two attached hydrogens (primary N) is 1. The lowest BCUT2D eigenvalue weighted by Crippen LogP contribution is -2.26. The standard InChI is InChI=1S/C12H16N2O4.ClH/c1-18-10-6-8(11(13)7-3-2-4-7)5-9(12(10)15)14(16)17;/h5-7,11,15H,2-4,13H2,1H3;1H/t11-;/m0./s1. The van der Waals surface area contributed by atoms with Crippen LogP contribution >= 0.6 is 12.4 Å². The Morgan fingerprint density at radius 2 is 2.16 bits per heavy atom. The van der Waals surface area contributed by atoms with Gasteiger partial charge in [-0.3, -0.25) is 10.1 Å². The first-order valence-electron chi connectivity index (χ1n) is 5.85. The molecule has 1 saturated carbocycles. The van der Waals surface area contributed by atoms with E-state index in [2.05, 4.69) is 0 Å². The van der Waals surface area contributed by atoms with E-state index in [1.54, 1.807) is 6.07 Å². The van der Waals surface area contributed by atoms with E-state index in [4.69, 9.17) is 10.5 Å². The average molecular weight is 289 g/mol. The normalized spacial score (nSPS) is 16.1. The van der Waals surface area contributed by atoms with Crippen LogP contribution < -0.4 is 10.5 Å². The summed E-state index contributed by atoms with van der Waals surface area (Å²) in [5.74, 6) is -0.000106. The van der Waals surface area contributed by atoms with Crippen molar-refractivity contribution in [2.75, 3.05) is 7.11 Å². The summed E-state index contributed by atoms with van der Waals surface area (Å²) in [4.78, 5) is 10.2. The van der Waals surface area contributed by atoms with E-state index in [9.17, 15) is 15.2 Å². The van der Waals surface area contributed by atoms with Gasteiger partial charge in [0.1, 0.15) is 0 Å². The number of phenols is 1. The Morgan fingerprint density at radius 3 is 2.58 bits per heavy atom. The van der Waals surface area contributed by atoms with Gasteiger partial charge in [-0.25, -0.2) is 0 Å². The number of rotatable bonds is 4. The predicted octanol–water partition coefficient (Wildman–Crippen LogP) is 2.53. The molecule has 3 N–H and O–H groups in total. The quantitative estimate of drug-likeness (QED) is 0.655. The molecule has 0 bridgehead atoms. The molecule has 1 aliphatic rings. The Morgan fingerprint density at radius 1 is 1.53 bits per heavy atom. The second-order valence-corrected chi connectivity index (χ2v) is 4.56. The van der Waals surface area contributed by atoms with Gasteiger partial charge in [-0.05, 0) is 30.4 Å². The molecule has 106 valence electrons. The minimum Gasteiger partial charge on any atom is -0.500 e. The zero-order valence-electron chi connectivity index (χ0n) is 10.5. The van der Waals surface area contributed by atoms with Gasteiger partial charge >= 0.3 is 5.69 Å². The van der Waals surface area contributed by atoms with Crippen molar-refractivity contribution >= 4 is 18.1 Å². The molecule has 0 aliphatic heterocycles. The zero-order valence-corrected chi connectivity index (χ0v) is 11.4. The minimum absolute atomic E-state index is 0. The molecule has 0 heterocycles. The van der Waals surface area contributed by atoms with E-state index >= 15 is 0 Å². The second kappa shape index (κ2) is 6.08. The molecule has 1 aliphatic carbocycles. The van der Waals surface area contributed by atoms with Crippen molar-refractivity contribution in [3.05, 3.63) is 27.8 Å². The number of methoxy groups -OCH3 is 1. The molecule has 0 unspecified atom stereocenters. The molecule has 0 spiro atoms. The largest absolute Gasteiger partial charge is 0.500 e. The summed E-state index contributed by atoms with van der Waals surface area (Å²) in [6.07, 6.45) is 3.23. The van der Waals surface area contributed by atoms with E-state index in [1.165, 1.54) is 13.2 Å². The molecule has 2 rings (SSSR count). The third kappa shape index (κ3) is 2.90. The molecule has 1 aromatic carbocycles. The summed E-state index contributed by atoms with van der Waals surface area (Å²) in [5, 5.41) is 20.5. The Labute approximate surface area is 117 Å². The summed E-state index contributed by atoms with van der Waals surface area (Å²) >= 11 is 0. The van der Waals surface area contributed by atoms with Gasteiger partial charge in [0.15, 0.2) is 5.75 Å². The number of halogens is 1. The summed E-state index contributed by atoms with van der Waals surface area (Å²) < 4.78 is 4.95. The average Bonchev–Trinajstić information content (AvgIpc) is 2.26. The Balaban J connectivity index is 0.00000180. The molecule has 6 nitrogen and oxygen atoms in total. The maximum absolute atomic E-state index is 10.9. The number of hydrogen-bond donors (Lipinski definition) is 2. The van der Waals surface area contributed by atoms with Crippen molar-refractivity contribution in [1.29, 1.82) is 0 Å². The fraction of sp³-hybridized carbons (Fsp3) is 0.500. The van der Waals surface area contributed by atoms with Gasteiger partial charge in [0.2, 0.25) is 5.75 Å². The number of aromatic hydroxyl groups is 1. The fourth-order valence-electron chi connectivity index (χ4n) is 2.17. The van der Waals surface area contributed by atoms with Crippen molar-refractivity contribution < 1.29 is 14.8 Å². The fourth-order valence-corrected chi connectivity index (χ4v) is 2.17. The van der Waals surface area contributed by atoms with Crippen LogP contribution in [0.4, 0.5) is 5.69 Å². The minimum atomic E-state index is -0.630. The smallest absolute Gasteiger partial charge is 0.314 e. The van der Waals surface area contributed by atoms with E-state index in [0.717, 1.165) is 19.3 Å². The third-order valence-corrected chi connectivity index (χ3v) is 3.54. The number of benzene rings is 1. The van der Waals surface area contributed by atoms with E-state index in [-0.39, 0.29) is 29.9 Å². The highest BCUT2D eigenvalue weighted by Gasteiger charge is 2.29. The molecule has 1 aromatic rings. The van der Waals surface area contributed by atoms with Crippen LogP contribution in [0.2, 0.25) is 0 Å². The van der Waals surface area contributed by atoms with Gasteiger partial charge in [-0.2, -0.15) is 0 Å². The monoisotopic (exact) mass is 288 g/mol. The van der Waals surface area contributed by atoms with Crippen LogP contribution in [0, 0.1) is 16.0 Å². The van der Waals surface area contributed by atoms with Gasteiger partial charge in [-0.1, -0.05) is 6.42 Å². The number of phenolic OH excluding ortho intramolecular Hbond substituents is 1. The van der Waals surface area contributed by atoms with Crippen LogP contribution in [-0.4, -0.2) is 17.1 Å². The van der Waals surface area contributed by atoms with Gasteiger partial charge < -0.3 is 15.6 Å². The predicted molar refractivity (Wildman–Crippen MR) is 72.8 cm³/mol. The van der Waals surface area contributed by atoms with Crippen LogP contribution in [0.3, 0.4) is 0 Å². The molecule has 0 amide bonds. The first-order valence-corrected chi connectivity index (χ1v) is 5.85. The highest BCUT2D eigenvalue weighted by molar-refractivity contribution is 5.85. The summed E-state index contributed by atoms with van der Waals surface area (Å²) in [7, 11) is 1.36. The number of nitro benzene ring substituents is 1. The molecule has 0 aromatic heterocycles. The number of nitrogens with zero attached hydrogens (tertiary/aromatic N) is 1. The summed E-state index contributed by atoms with van der Waals surface area (Å²) in [6, 6.07) is 2.67. The van der Waals surface area contributed by atoms with Crippen LogP contribution in [0.15, 0.2) is 12.1 Å². The Hall–Kier alpha value is -1.53. The molecule has 0 saturated heterocycles. The highest BCUT2D eigenvalue weighted by Crippen LogP contribution is 2.42. The van der Waals surface area contributed by atoms with Crippen molar-refractivity contribution in [1.82, 2.24) is 0 Å². The third-order valence-electron chi connectivity index (χ3n) is 3.54. The lowest BCUT2D eigenvalue weighted by molar-refractivity contribution is -0.386. The lowest BCUT2D eigenvalue weighted by atomic mass is 9.77. The summed E-state index contributed by atoms with van der Waals surface area (Å²) in [5.41, 5.74) is 6.36. The van der Waals surface area contributed by atoms with Crippen molar-refractivity contribution in [3.8, 4) is 11.5 Å². The highest BCUT2D eigenvalue weighted by atomic mass is 35.5. The molecule has 1 atom stereocenters. The SMILES string of the molecule is COc1cc([C@@H](N)C2CCC2)cc([N+](=O)[O-])c1O.Cl. The first kappa shape index (κ1) is 15.5. The van der Waals surface area contributed by atoms with Crippen LogP contribution in [0.25, 0.3) is 0 Å². The number of ether oxygens (including phenoxy) is 1. The summed E-state index contributed by atoms with van der Waals surface area (Å²) in [6.45, 7) is 0. The molecule has 19 heavy (non-hydrogen) atoms. The molecule has 7 heteroatoms. The van der Waals surface area contributed by atoms with E-state index < -0.39 is 10.7 Å². The van der Waals surface area contributed by atoms with Crippen LogP contribution in [0.1, 0.15) is 30.9 Å². The van der Waals surface area contributed by atoms with Gasteiger partial charge in [0.25, 0.3) is 0 Å². The topological polar surface area (TPSA) is 98.6 Å². The molecule has 1 fully saturated rings. The van der Waals surface area contributed by atoms with Gasteiger partial charge in [0.05, 0.1) is 12.0 Å². The van der Waals surface area contributed by atoms with Crippen molar-refractivity contribution in [2.24, 2.45) is 11.7 Å². The second-order valence-electron chi connectivity index (χ2n) is 4.56. The molecule has 0 radical (unpaired) electrons. The van der Waals surface area contributed by atoms with Gasteiger partial charge in [-0.15, -0.1) is 12.4 Å². The maximum Gasteiger partial charge on any atom is 0.314 e.